The predicted molar refractivity (Wildman–Crippen MR) is 79.5 cm³/mol. The maximum Gasteiger partial charge on any atom is 0.295 e. The summed E-state index contributed by atoms with van der Waals surface area (Å²) in [4.78, 5) is 42.1. The Morgan fingerprint density at radius 1 is 1.05 bits per heavy atom. The topological polar surface area (TPSA) is 84.6 Å². The standard InChI is InChI=1S/C14H8N4O3S/c1-7-11(19)15-14-18(16-7)9-10(22-14)13(21)17(12(9)20)8-5-3-2-4-6-8/h2-6H,1H3. The van der Waals surface area contributed by atoms with Crippen LogP contribution < -0.4 is 10.5 Å². The lowest BCUT2D eigenvalue weighted by atomic mass is 10.3. The molecular weight excluding hydrogens is 304 g/mol. The number of rotatable bonds is 1. The zero-order valence-electron chi connectivity index (χ0n) is 11.3. The summed E-state index contributed by atoms with van der Waals surface area (Å²) in [7, 11) is 0. The zero-order chi connectivity index (χ0) is 15.4. The summed E-state index contributed by atoms with van der Waals surface area (Å²) in [6, 6.07) is 8.68. The first kappa shape index (κ1) is 12.8. The van der Waals surface area contributed by atoms with Crippen LogP contribution in [0.15, 0.2) is 35.1 Å². The molecule has 22 heavy (non-hydrogen) atoms. The number of aromatic nitrogens is 3. The number of carbonyl (C=O) groups excluding carboxylic acids is 2. The third kappa shape index (κ3) is 1.58. The molecule has 0 aliphatic carbocycles. The molecule has 0 N–H and O–H groups in total. The van der Waals surface area contributed by atoms with Gasteiger partial charge in [0, 0.05) is 0 Å². The van der Waals surface area contributed by atoms with Crippen molar-refractivity contribution in [1.82, 2.24) is 14.6 Å². The number of thiazole rings is 1. The third-order valence-corrected chi connectivity index (χ3v) is 4.39. The van der Waals surface area contributed by atoms with Crippen LogP contribution in [0.25, 0.3) is 4.96 Å². The van der Waals surface area contributed by atoms with Gasteiger partial charge in [-0.05, 0) is 19.1 Å². The van der Waals surface area contributed by atoms with Gasteiger partial charge in [-0.25, -0.2) is 4.90 Å². The first-order chi connectivity index (χ1) is 10.6. The molecule has 2 aromatic heterocycles. The summed E-state index contributed by atoms with van der Waals surface area (Å²) in [5, 5.41) is 4.07. The van der Waals surface area contributed by atoms with E-state index < -0.39 is 17.4 Å². The number of para-hydroxylation sites is 1. The van der Waals surface area contributed by atoms with Crippen molar-refractivity contribution in [2.45, 2.75) is 6.92 Å². The Bertz CT molecular complexity index is 1010. The molecule has 8 heteroatoms. The van der Waals surface area contributed by atoms with Crippen molar-refractivity contribution in [3.8, 4) is 0 Å². The molecule has 1 aromatic carbocycles. The lowest BCUT2D eigenvalue weighted by Crippen LogP contribution is -2.30. The minimum absolute atomic E-state index is 0.157. The molecule has 0 bridgehead atoms. The molecule has 3 heterocycles. The molecule has 0 saturated heterocycles. The normalized spacial score (nSPS) is 14.0. The third-order valence-electron chi connectivity index (χ3n) is 3.38. The quantitative estimate of drug-likeness (QED) is 0.632. The van der Waals surface area contributed by atoms with E-state index in [9.17, 15) is 14.4 Å². The van der Waals surface area contributed by atoms with E-state index in [2.05, 4.69) is 10.1 Å². The fraction of sp³-hybridized carbons (Fsp3) is 0.0714. The van der Waals surface area contributed by atoms with Crippen LogP contribution in [0.1, 0.15) is 25.9 Å². The summed E-state index contributed by atoms with van der Waals surface area (Å²) in [6.45, 7) is 1.52. The van der Waals surface area contributed by atoms with Crippen molar-refractivity contribution < 1.29 is 9.59 Å². The Balaban J connectivity index is 1.96. The molecule has 0 fully saturated rings. The molecule has 4 rings (SSSR count). The van der Waals surface area contributed by atoms with E-state index in [0.29, 0.717) is 5.69 Å². The largest absolute Gasteiger partial charge is 0.295 e. The molecule has 1 aliphatic rings. The summed E-state index contributed by atoms with van der Waals surface area (Å²) in [5.41, 5.74) is 0.375. The molecule has 0 unspecified atom stereocenters. The second kappa shape index (κ2) is 4.31. The molecule has 7 nitrogen and oxygen atoms in total. The molecule has 2 amide bonds. The molecule has 1 aliphatic heterocycles. The highest BCUT2D eigenvalue weighted by atomic mass is 32.1. The van der Waals surface area contributed by atoms with Crippen molar-refractivity contribution >= 4 is 33.8 Å². The number of imide groups is 1. The minimum Gasteiger partial charge on any atom is -0.267 e. The van der Waals surface area contributed by atoms with Crippen LogP contribution in [0.2, 0.25) is 0 Å². The highest BCUT2D eigenvalue weighted by molar-refractivity contribution is 7.19. The van der Waals surface area contributed by atoms with Crippen LogP contribution >= 0.6 is 11.3 Å². The van der Waals surface area contributed by atoms with Crippen molar-refractivity contribution in [3.05, 3.63) is 57.0 Å². The highest BCUT2D eigenvalue weighted by Crippen LogP contribution is 2.32. The van der Waals surface area contributed by atoms with E-state index in [1.54, 1.807) is 30.3 Å². The van der Waals surface area contributed by atoms with Gasteiger partial charge in [0.25, 0.3) is 17.4 Å². The van der Waals surface area contributed by atoms with Crippen molar-refractivity contribution in [2.75, 3.05) is 4.90 Å². The predicted octanol–water partition coefficient (Wildman–Crippen LogP) is 1.26. The molecule has 0 atom stereocenters. The Kier molecular flexibility index (Phi) is 2.52. The Morgan fingerprint density at radius 2 is 1.77 bits per heavy atom. The smallest absolute Gasteiger partial charge is 0.267 e. The Hall–Kier alpha value is -2.87. The average molecular weight is 312 g/mol. The number of hydrogen-bond donors (Lipinski definition) is 0. The van der Waals surface area contributed by atoms with E-state index in [0.717, 1.165) is 16.2 Å². The van der Waals surface area contributed by atoms with Gasteiger partial charge in [-0.1, -0.05) is 29.5 Å². The first-order valence-corrected chi connectivity index (χ1v) is 7.24. The second-order valence-electron chi connectivity index (χ2n) is 4.76. The second-order valence-corrected chi connectivity index (χ2v) is 5.74. The van der Waals surface area contributed by atoms with Gasteiger partial charge < -0.3 is 0 Å². The lowest BCUT2D eigenvalue weighted by molar-refractivity contribution is 0.0924. The van der Waals surface area contributed by atoms with Gasteiger partial charge in [0.1, 0.15) is 10.6 Å². The minimum atomic E-state index is -0.463. The van der Waals surface area contributed by atoms with Crippen LogP contribution in [0.5, 0.6) is 0 Å². The van der Waals surface area contributed by atoms with Gasteiger partial charge in [-0.3, -0.25) is 14.4 Å². The maximum absolute atomic E-state index is 12.6. The van der Waals surface area contributed by atoms with E-state index >= 15 is 0 Å². The lowest BCUT2D eigenvalue weighted by Gasteiger charge is -2.13. The molecule has 108 valence electrons. The fourth-order valence-corrected chi connectivity index (χ4v) is 3.32. The fourth-order valence-electron chi connectivity index (χ4n) is 2.34. The van der Waals surface area contributed by atoms with E-state index in [4.69, 9.17) is 0 Å². The van der Waals surface area contributed by atoms with Crippen LogP contribution in [0, 0.1) is 6.92 Å². The summed E-state index contributed by atoms with van der Waals surface area (Å²) < 4.78 is 1.28. The SMILES string of the molecule is Cc1nn2c3c(sc2nc1=O)C(=O)N(c1ccccc1)C3=O. The summed E-state index contributed by atoms with van der Waals surface area (Å²) in [6.07, 6.45) is 0. The molecule has 3 aromatic rings. The van der Waals surface area contributed by atoms with Crippen molar-refractivity contribution in [3.63, 3.8) is 0 Å². The number of benzene rings is 1. The van der Waals surface area contributed by atoms with Gasteiger partial charge in [0.2, 0.25) is 4.96 Å². The van der Waals surface area contributed by atoms with Gasteiger partial charge in [-0.2, -0.15) is 14.6 Å². The molecule has 0 spiro atoms. The van der Waals surface area contributed by atoms with Crippen LogP contribution in [0.4, 0.5) is 5.69 Å². The number of carbonyl (C=O) groups is 2. The van der Waals surface area contributed by atoms with E-state index in [1.165, 1.54) is 11.4 Å². The van der Waals surface area contributed by atoms with Crippen LogP contribution in [-0.2, 0) is 0 Å². The Labute approximate surface area is 127 Å². The molecule has 0 saturated carbocycles. The number of fused-ring (bicyclic) bond motifs is 3. The number of amides is 2. The summed E-state index contributed by atoms with van der Waals surface area (Å²) in [5.74, 6) is -0.886. The Morgan fingerprint density at radius 3 is 2.50 bits per heavy atom. The van der Waals surface area contributed by atoms with Gasteiger partial charge >= 0.3 is 0 Å². The molecule has 0 radical (unpaired) electrons. The zero-order valence-corrected chi connectivity index (χ0v) is 12.1. The number of hydrogen-bond acceptors (Lipinski definition) is 6. The monoisotopic (exact) mass is 312 g/mol. The van der Waals surface area contributed by atoms with Crippen molar-refractivity contribution in [1.29, 1.82) is 0 Å². The van der Waals surface area contributed by atoms with Gasteiger partial charge in [0.05, 0.1) is 5.69 Å². The number of anilines is 1. The first-order valence-electron chi connectivity index (χ1n) is 6.42. The van der Waals surface area contributed by atoms with Crippen LogP contribution in [0.3, 0.4) is 0 Å². The molecular formula is C14H8N4O3S. The van der Waals surface area contributed by atoms with E-state index in [-0.39, 0.29) is 21.2 Å². The van der Waals surface area contributed by atoms with Gasteiger partial charge in [-0.15, -0.1) is 0 Å². The summed E-state index contributed by atoms with van der Waals surface area (Å²) >= 11 is 0.997. The van der Waals surface area contributed by atoms with E-state index in [1.807, 2.05) is 0 Å². The number of nitrogens with zero attached hydrogens (tertiary/aromatic N) is 4. The highest BCUT2D eigenvalue weighted by Gasteiger charge is 2.41. The number of aryl methyl sites for hydroxylation is 1. The van der Waals surface area contributed by atoms with Crippen LogP contribution in [-0.4, -0.2) is 26.4 Å². The van der Waals surface area contributed by atoms with Crippen molar-refractivity contribution in [2.24, 2.45) is 0 Å². The van der Waals surface area contributed by atoms with Gasteiger partial charge in [0.15, 0.2) is 5.69 Å². The maximum atomic E-state index is 12.6. The average Bonchev–Trinajstić information content (AvgIpc) is 2.97.